The van der Waals surface area contributed by atoms with Crippen molar-refractivity contribution in [2.24, 2.45) is 0 Å². The molecule has 6 heteroatoms. The van der Waals surface area contributed by atoms with Crippen LogP contribution in [0.4, 0.5) is 16.2 Å². The third-order valence-corrected chi connectivity index (χ3v) is 7.60. The van der Waals surface area contributed by atoms with Gasteiger partial charge in [-0.25, -0.2) is 4.79 Å². The number of carbonyl (C=O) groups is 2. The number of anilines is 2. The van der Waals surface area contributed by atoms with E-state index in [1.165, 1.54) is 0 Å². The van der Waals surface area contributed by atoms with Crippen molar-refractivity contribution >= 4 is 34.1 Å². The van der Waals surface area contributed by atoms with Gasteiger partial charge in [-0.2, -0.15) is 0 Å². The molecule has 4 aromatic carbocycles. The molecule has 6 nitrogen and oxygen atoms in total. The highest BCUT2D eigenvalue weighted by Crippen LogP contribution is 2.42. The van der Waals surface area contributed by atoms with E-state index in [9.17, 15) is 9.59 Å². The van der Waals surface area contributed by atoms with Gasteiger partial charge < -0.3 is 14.8 Å². The summed E-state index contributed by atoms with van der Waals surface area (Å²) in [6.07, 6.45) is 2.04. The SMILES string of the molecule is Cc1ccc(C2c3cccn3-c3ccccc3N2C(=O)CN(C(=O)Nc2cccc3ccccc23)C(C)C)cc1. The van der Waals surface area contributed by atoms with Crippen LogP contribution in [0, 0.1) is 6.92 Å². The van der Waals surface area contributed by atoms with E-state index in [2.05, 4.69) is 47.1 Å². The number of aryl methyl sites for hydroxylation is 1. The molecule has 1 unspecified atom stereocenters. The predicted molar refractivity (Wildman–Crippen MR) is 161 cm³/mol. The van der Waals surface area contributed by atoms with Gasteiger partial charge in [-0.3, -0.25) is 9.69 Å². The largest absolute Gasteiger partial charge is 0.322 e. The van der Waals surface area contributed by atoms with Crippen molar-refractivity contribution in [3.8, 4) is 5.69 Å². The lowest BCUT2D eigenvalue weighted by atomic mass is 9.97. The molecule has 40 heavy (non-hydrogen) atoms. The number of nitrogens with one attached hydrogen (secondary N) is 1. The molecule has 1 aliphatic rings. The van der Waals surface area contributed by atoms with E-state index < -0.39 is 0 Å². The van der Waals surface area contributed by atoms with Crippen LogP contribution in [0.15, 0.2) is 109 Å². The molecule has 0 spiro atoms. The number of para-hydroxylation sites is 2. The van der Waals surface area contributed by atoms with Crippen LogP contribution in [0.5, 0.6) is 0 Å². The highest BCUT2D eigenvalue weighted by molar-refractivity contribution is 6.04. The minimum absolute atomic E-state index is 0.0638. The molecule has 0 fully saturated rings. The first-order valence-electron chi connectivity index (χ1n) is 13.6. The Morgan fingerprint density at radius 1 is 0.825 bits per heavy atom. The van der Waals surface area contributed by atoms with Gasteiger partial charge in [0.1, 0.15) is 12.6 Å². The van der Waals surface area contributed by atoms with Gasteiger partial charge >= 0.3 is 6.03 Å². The second-order valence-electron chi connectivity index (χ2n) is 10.5. The Hall–Kier alpha value is -4.84. The lowest BCUT2D eigenvalue weighted by molar-refractivity contribution is -0.119. The molecule has 3 amide bonds. The third-order valence-electron chi connectivity index (χ3n) is 7.60. The molecule has 5 aromatic rings. The standard InChI is InChI=1S/C34H32N4O2/c1-23(2)37(34(40)35-28-13-8-11-25-10-4-5-12-27(25)28)22-32(39)38-30-15-7-6-14-29(30)36-21-9-16-31(36)33(38)26-19-17-24(3)18-20-26/h4-21,23,33H,22H2,1-3H3,(H,35,40). The van der Waals surface area contributed by atoms with E-state index >= 15 is 0 Å². The zero-order chi connectivity index (χ0) is 27.8. The number of nitrogens with zero attached hydrogens (tertiary/aromatic N) is 3. The lowest BCUT2D eigenvalue weighted by Gasteiger charge is -2.40. The zero-order valence-electron chi connectivity index (χ0n) is 22.9. The van der Waals surface area contributed by atoms with Crippen LogP contribution in [0.2, 0.25) is 0 Å². The number of fused-ring (bicyclic) bond motifs is 4. The van der Waals surface area contributed by atoms with Crippen molar-refractivity contribution in [3.05, 3.63) is 126 Å². The third kappa shape index (κ3) is 4.51. The lowest BCUT2D eigenvalue weighted by Crippen LogP contribution is -2.49. The Balaban J connectivity index is 1.36. The van der Waals surface area contributed by atoms with Crippen molar-refractivity contribution in [2.75, 3.05) is 16.8 Å². The van der Waals surface area contributed by atoms with Gasteiger partial charge in [0.2, 0.25) is 5.91 Å². The number of benzene rings is 4. The number of amides is 3. The maximum absolute atomic E-state index is 14.3. The zero-order valence-corrected chi connectivity index (χ0v) is 22.9. The van der Waals surface area contributed by atoms with Crippen molar-refractivity contribution in [1.82, 2.24) is 9.47 Å². The van der Waals surface area contributed by atoms with Gasteiger partial charge in [-0.05, 0) is 62.1 Å². The smallest absolute Gasteiger partial charge is 0.316 e. The Bertz CT molecular complexity index is 1700. The van der Waals surface area contributed by atoms with Crippen molar-refractivity contribution in [1.29, 1.82) is 0 Å². The van der Waals surface area contributed by atoms with Gasteiger partial charge in [-0.1, -0.05) is 78.4 Å². The molecule has 0 saturated heterocycles. The monoisotopic (exact) mass is 528 g/mol. The van der Waals surface area contributed by atoms with Gasteiger partial charge in [0.05, 0.1) is 22.8 Å². The van der Waals surface area contributed by atoms with Crippen molar-refractivity contribution < 1.29 is 9.59 Å². The molecular formula is C34H32N4O2. The molecule has 200 valence electrons. The van der Waals surface area contributed by atoms with Crippen LogP contribution in [0.3, 0.4) is 0 Å². The average Bonchev–Trinajstić information content (AvgIpc) is 3.46. The normalized spacial score (nSPS) is 14.1. The van der Waals surface area contributed by atoms with Gasteiger partial charge in [0.15, 0.2) is 0 Å². The highest BCUT2D eigenvalue weighted by atomic mass is 16.2. The molecule has 1 aliphatic heterocycles. The first-order valence-corrected chi connectivity index (χ1v) is 13.6. The number of aromatic nitrogens is 1. The minimum Gasteiger partial charge on any atom is -0.316 e. The maximum atomic E-state index is 14.3. The maximum Gasteiger partial charge on any atom is 0.322 e. The summed E-state index contributed by atoms with van der Waals surface area (Å²) in [5.41, 5.74) is 5.66. The first kappa shape index (κ1) is 25.4. The molecule has 1 aromatic heterocycles. The quantitative estimate of drug-likeness (QED) is 0.260. The number of urea groups is 1. The summed E-state index contributed by atoms with van der Waals surface area (Å²) in [5.74, 6) is -0.146. The fraction of sp³-hybridized carbons (Fsp3) is 0.176. The molecule has 6 rings (SSSR count). The van der Waals surface area contributed by atoms with E-state index in [1.54, 1.807) is 4.90 Å². The number of hydrogen-bond donors (Lipinski definition) is 1. The summed E-state index contributed by atoms with van der Waals surface area (Å²) in [4.78, 5) is 31.4. The Labute approximate surface area is 234 Å². The molecule has 1 N–H and O–H groups in total. The molecular weight excluding hydrogens is 496 g/mol. The van der Waals surface area contributed by atoms with Crippen molar-refractivity contribution in [3.63, 3.8) is 0 Å². The second-order valence-corrected chi connectivity index (χ2v) is 10.5. The van der Waals surface area contributed by atoms with E-state index in [0.29, 0.717) is 0 Å². The summed E-state index contributed by atoms with van der Waals surface area (Å²) < 4.78 is 2.15. The number of rotatable bonds is 5. The van der Waals surface area contributed by atoms with Crippen LogP contribution in [-0.4, -0.2) is 34.0 Å². The number of hydrogen-bond acceptors (Lipinski definition) is 2. The number of carbonyl (C=O) groups excluding carboxylic acids is 2. The van der Waals surface area contributed by atoms with Crippen LogP contribution in [-0.2, 0) is 4.79 Å². The van der Waals surface area contributed by atoms with Gasteiger partial charge in [0, 0.05) is 17.6 Å². The summed E-state index contributed by atoms with van der Waals surface area (Å²) in [6, 6.07) is 33.3. The van der Waals surface area contributed by atoms with Crippen LogP contribution in [0.25, 0.3) is 16.5 Å². The Kier molecular flexibility index (Phi) is 6.60. The summed E-state index contributed by atoms with van der Waals surface area (Å²) in [7, 11) is 0. The fourth-order valence-electron chi connectivity index (χ4n) is 5.56. The molecule has 2 heterocycles. The van der Waals surface area contributed by atoms with Gasteiger partial charge in [-0.15, -0.1) is 0 Å². The topological polar surface area (TPSA) is 57.6 Å². The Morgan fingerprint density at radius 2 is 1.52 bits per heavy atom. The van der Waals surface area contributed by atoms with Crippen LogP contribution in [0.1, 0.15) is 36.7 Å². The first-order chi connectivity index (χ1) is 19.4. The molecule has 0 bridgehead atoms. The molecule has 0 radical (unpaired) electrons. The molecule has 0 saturated carbocycles. The molecule has 0 aliphatic carbocycles. The van der Waals surface area contributed by atoms with Crippen molar-refractivity contribution in [2.45, 2.75) is 32.9 Å². The van der Waals surface area contributed by atoms with E-state index in [-0.39, 0.29) is 30.6 Å². The van der Waals surface area contributed by atoms with Crippen LogP contribution >= 0.6 is 0 Å². The summed E-state index contributed by atoms with van der Waals surface area (Å²) in [5, 5.41) is 5.07. The molecule has 1 atom stereocenters. The minimum atomic E-state index is -0.326. The van der Waals surface area contributed by atoms with E-state index in [1.807, 2.05) is 97.7 Å². The van der Waals surface area contributed by atoms with E-state index in [4.69, 9.17) is 0 Å². The summed E-state index contributed by atoms with van der Waals surface area (Å²) in [6.45, 7) is 5.86. The predicted octanol–water partition coefficient (Wildman–Crippen LogP) is 7.32. The summed E-state index contributed by atoms with van der Waals surface area (Å²) >= 11 is 0. The highest BCUT2D eigenvalue weighted by Gasteiger charge is 2.37. The van der Waals surface area contributed by atoms with Crippen LogP contribution < -0.4 is 10.2 Å². The van der Waals surface area contributed by atoms with Gasteiger partial charge in [0.25, 0.3) is 0 Å². The Morgan fingerprint density at radius 3 is 2.30 bits per heavy atom. The fourth-order valence-corrected chi connectivity index (χ4v) is 5.56. The second kappa shape index (κ2) is 10.4. The van der Waals surface area contributed by atoms with E-state index in [0.717, 1.165) is 44.7 Å². The average molecular weight is 529 g/mol.